The summed E-state index contributed by atoms with van der Waals surface area (Å²) >= 11 is 0. The lowest BCUT2D eigenvalue weighted by molar-refractivity contribution is -0.137. The molecule has 0 unspecified atom stereocenters. The molecule has 4 N–H and O–H groups in total. The number of aliphatic carboxylic acids is 1. The molecule has 0 saturated heterocycles. The number of benzene rings is 1. The van der Waals surface area contributed by atoms with Crippen molar-refractivity contribution < 1.29 is 19.4 Å². The van der Waals surface area contributed by atoms with Crippen LogP contribution in [0.25, 0.3) is 11.3 Å². The molecule has 0 amide bonds. The number of aromatic nitrogens is 2. The number of carboxylic acid groups (broad SMARTS) is 1. The maximum Gasteiger partial charge on any atom is 0.338 e. The molecule has 27 heavy (non-hydrogen) atoms. The van der Waals surface area contributed by atoms with Crippen LogP contribution in [-0.4, -0.2) is 39.2 Å². The van der Waals surface area contributed by atoms with Crippen molar-refractivity contribution in [3.05, 3.63) is 40.3 Å². The summed E-state index contributed by atoms with van der Waals surface area (Å²) in [5, 5.41) is 12.2. The van der Waals surface area contributed by atoms with E-state index in [-0.39, 0.29) is 35.4 Å². The molecule has 142 valence electrons. The van der Waals surface area contributed by atoms with Gasteiger partial charge in [0.2, 0.25) is 0 Å². The molecule has 1 aromatic carbocycles. The number of nitrogens with one attached hydrogen (secondary N) is 1. The van der Waals surface area contributed by atoms with Gasteiger partial charge in [-0.25, -0.2) is 9.78 Å². The second kappa shape index (κ2) is 7.48. The molecule has 1 heterocycles. The molecule has 9 nitrogen and oxygen atoms in total. The molecule has 9 heteroatoms. The van der Waals surface area contributed by atoms with Crippen LogP contribution in [0.2, 0.25) is 0 Å². The number of ether oxygens (including phenoxy) is 1. The highest BCUT2D eigenvalue weighted by Gasteiger charge is 2.24. The topological polar surface area (TPSA) is 137 Å². The van der Waals surface area contributed by atoms with Crippen molar-refractivity contribution in [2.24, 2.45) is 0 Å². The minimum atomic E-state index is -1.17. The fraction of sp³-hybridized carbons (Fsp3) is 0.333. The summed E-state index contributed by atoms with van der Waals surface area (Å²) in [5.74, 6) is -1.62. The summed E-state index contributed by atoms with van der Waals surface area (Å²) in [7, 11) is 0. The van der Waals surface area contributed by atoms with Gasteiger partial charge in [-0.15, -0.1) is 0 Å². The van der Waals surface area contributed by atoms with Crippen molar-refractivity contribution in [1.29, 1.82) is 0 Å². The molecule has 0 bridgehead atoms. The van der Waals surface area contributed by atoms with Crippen molar-refractivity contribution >= 4 is 23.4 Å². The van der Waals surface area contributed by atoms with Crippen molar-refractivity contribution in [3.63, 3.8) is 0 Å². The standard InChI is InChI=1S/C18H20N4O5/c1-2-27-18(26)11-5-10(6-12(19)7-11)14-8-20-16(21-13-3-4-13)17(25)22(14)9-15(23)24/h5-8,13H,2-4,9,19H2,1H3,(H,20,21)(H,23,24). The number of esters is 1. The highest BCUT2D eigenvalue weighted by Crippen LogP contribution is 2.25. The Morgan fingerprint density at radius 3 is 2.74 bits per heavy atom. The zero-order valence-electron chi connectivity index (χ0n) is 14.8. The zero-order chi connectivity index (χ0) is 19.6. The smallest absolute Gasteiger partial charge is 0.338 e. The van der Waals surface area contributed by atoms with Crippen LogP contribution in [0.3, 0.4) is 0 Å². The van der Waals surface area contributed by atoms with E-state index in [9.17, 15) is 19.5 Å². The number of nitrogens with zero attached hydrogens (tertiary/aromatic N) is 2. The lowest BCUT2D eigenvalue weighted by atomic mass is 10.1. The largest absolute Gasteiger partial charge is 0.480 e. The van der Waals surface area contributed by atoms with Gasteiger partial charge in [0.05, 0.1) is 24.1 Å². The first kappa shape index (κ1) is 18.4. The zero-order valence-corrected chi connectivity index (χ0v) is 14.8. The van der Waals surface area contributed by atoms with Crippen LogP contribution in [0.5, 0.6) is 0 Å². The van der Waals surface area contributed by atoms with E-state index in [2.05, 4.69) is 10.3 Å². The second-order valence-corrected chi connectivity index (χ2v) is 6.26. The Labute approximate surface area is 154 Å². The lowest BCUT2D eigenvalue weighted by Gasteiger charge is -2.14. The normalized spacial score (nSPS) is 13.2. The lowest BCUT2D eigenvalue weighted by Crippen LogP contribution is -2.29. The van der Waals surface area contributed by atoms with Crippen LogP contribution in [0, 0.1) is 0 Å². The summed E-state index contributed by atoms with van der Waals surface area (Å²) in [6, 6.07) is 4.69. The van der Waals surface area contributed by atoms with Crippen molar-refractivity contribution in [3.8, 4) is 11.3 Å². The summed E-state index contributed by atoms with van der Waals surface area (Å²) in [5.41, 5.74) is 6.49. The van der Waals surface area contributed by atoms with Crippen LogP contribution in [0.4, 0.5) is 11.5 Å². The Hall–Kier alpha value is -3.36. The van der Waals surface area contributed by atoms with Gasteiger partial charge in [-0.2, -0.15) is 0 Å². The molecule has 2 aromatic rings. The summed E-state index contributed by atoms with van der Waals surface area (Å²) in [6.07, 6.45) is 3.29. The third kappa shape index (κ3) is 4.25. The van der Waals surface area contributed by atoms with E-state index >= 15 is 0 Å². The monoisotopic (exact) mass is 372 g/mol. The van der Waals surface area contributed by atoms with Gasteiger partial charge in [-0.1, -0.05) is 0 Å². The Kier molecular flexibility index (Phi) is 5.11. The van der Waals surface area contributed by atoms with Crippen LogP contribution in [0.1, 0.15) is 30.1 Å². The third-order valence-corrected chi connectivity index (χ3v) is 4.03. The van der Waals surface area contributed by atoms with Gasteiger partial charge >= 0.3 is 11.9 Å². The Balaban J connectivity index is 2.09. The van der Waals surface area contributed by atoms with E-state index in [4.69, 9.17) is 10.5 Å². The van der Waals surface area contributed by atoms with E-state index in [1.807, 2.05) is 0 Å². The van der Waals surface area contributed by atoms with Crippen LogP contribution < -0.4 is 16.6 Å². The quantitative estimate of drug-likeness (QED) is 0.489. The van der Waals surface area contributed by atoms with Crippen LogP contribution in [0.15, 0.2) is 29.2 Å². The molecule has 0 aliphatic heterocycles. The van der Waals surface area contributed by atoms with Crippen molar-refractivity contribution in [2.45, 2.75) is 32.4 Å². The molecular formula is C18H20N4O5. The number of anilines is 2. The number of carboxylic acids is 1. The average molecular weight is 372 g/mol. The summed E-state index contributed by atoms with van der Waals surface area (Å²) < 4.78 is 6.08. The number of carbonyl (C=O) groups excluding carboxylic acids is 1. The predicted molar refractivity (Wildman–Crippen MR) is 98.6 cm³/mol. The van der Waals surface area contributed by atoms with Gasteiger partial charge in [0, 0.05) is 17.3 Å². The minimum absolute atomic E-state index is 0.108. The molecule has 1 aliphatic carbocycles. The average Bonchev–Trinajstić information content (AvgIpc) is 3.42. The number of nitrogen functional groups attached to an aromatic ring is 1. The molecule has 1 fully saturated rings. The molecule has 1 aromatic heterocycles. The number of hydrogen-bond acceptors (Lipinski definition) is 7. The van der Waals surface area contributed by atoms with Gasteiger partial charge in [0.25, 0.3) is 5.56 Å². The highest BCUT2D eigenvalue weighted by atomic mass is 16.5. The number of carbonyl (C=O) groups is 2. The fourth-order valence-electron chi connectivity index (χ4n) is 2.66. The van der Waals surface area contributed by atoms with E-state index in [0.29, 0.717) is 5.56 Å². The summed E-state index contributed by atoms with van der Waals surface area (Å²) in [4.78, 5) is 40.2. The number of nitrogens with two attached hydrogens (primary N) is 1. The highest BCUT2D eigenvalue weighted by molar-refractivity contribution is 5.92. The first-order chi connectivity index (χ1) is 12.9. The number of rotatable bonds is 7. The molecule has 1 aliphatic rings. The van der Waals surface area contributed by atoms with Crippen LogP contribution in [-0.2, 0) is 16.1 Å². The minimum Gasteiger partial charge on any atom is -0.480 e. The van der Waals surface area contributed by atoms with Gasteiger partial charge < -0.3 is 20.9 Å². The van der Waals surface area contributed by atoms with Gasteiger partial charge in [0.1, 0.15) is 6.54 Å². The molecule has 0 radical (unpaired) electrons. The van der Waals surface area contributed by atoms with Gasteiger partial charge in [-0.05, 0) is 38.0 Å². The van der Waals surface area contributed by atoms with E-state index in [1.54, 1.807) is 13.0 Å². The maximum atomic E-state index is 12.7. The van der Waals surface area contributed by atoms with E-state index < -0.39 is 24.0 Å². The van der Waals surface area contributed by atoms with Crippen molar-refractivity contribution in [2.75, 3.05) is 17.7 Å². The first-order valence-corrected chi connectivity index (χ1v) is 8.55. The fourth-order valence-corrected chi connectivity index (χ4v) is 2.66. The van der Waals surface area contributed by atoms with E-state index in [0.717, 1.165) is 17.4 Å². The Morgan fingerprint density at radius 1 is 1.37 bits per heavy atom. The van der Waals surface area contributed by atoms with Crippen LogP contribution >= 0.6 is 0 Å². The van der Waals surface area contributed by atoms with Crippen molar-refractivity contribution in [1.82, 2.24) is 9.55 Å². The predicted octanol–water partition coefficient (Wildman–Crippen LogP) is 1.33. The third-order valence-electron chi connectivity index (χ3n) is 4.03. The maximum absolute atomic E-state index is 12.7. The Bertz CT molecular complexity index is 949. The molecule has 0 atom stereocenters. The molecule has 0 spiro atoms. The van der Waals surface area contributed by atoms with Gasteiger partial charge in [-0.3, -0.25) is 14.2 Å². The summed E-state index contributed by atoms with van der Waals surface area (Å²) in [6.45, 7) is 1.35. The number of hydrogen-bond donors (Lipinski definition) is 3. The molecule has 3 rings (SSSR count). The van der Waals surface area contributed by atoms with Gasteiger partial charge in [0.15, 0.2) is 5.82 Å². The molecule has 1 saturated carbocycles. The SMILES string of the molecule is CCOC(=O)c1cc(N)cc(-c2cnc(NC3CC3)c(=O)n2CC(=O)O)c1. The van der Waals surface area contributed by atoms with E-state index in [1.165, 1.54) is 18.3 Å². The Morgan fingerprint density at radius 2 is 2.11 bits per heavy atom. The first-order valence-electron chi connectivity index (χ1n) is 8.55. The molecular weight excluding hydrogens is 352 g/mol. The second-order valence-electron chi connectivity index (χ2n) is 6.26.